The van der Waals surface area contributed by atoms with Gasteiger partial charge < -0.3 is 9.88 Å². The van der Waals surface area contributed by atoms with Crippen LogP contribution in [0.25, 0.3) is 5.69 Å². The zero-order chi connectivity index (χ0) is 17.3. The summed E-state index contributed by atoms with van der Waals surface area (Å²) in [5.41, 5.74) is 3.95. The first-order chi connectivity index (χ1) is 11.5. The topological polar surface area (TPSA) is 34.0 Å². The third-order valence-corrected chi connectivity index (χ3v) is 4.51. The molecule has 0 aliphatic carbocycles. The van der Waals surface area contributed by atoms with E-state index >= 15 is 0 Å². The Morgan fingerprint density at radius 3 is 2.46 bits per heavy atom. The van der Waals surface area contributed by atoms with Crippen molar-refractivity contribution in [1.82, 2.24) is 4.57 Å². The largest absolute Gasteiger partial charge is 0.322 e. The van der Waals surface area contributed by atoms with E-state index in [2.05, 4.69) is 27.9 Å². The van der Waals surface area contributed by atoms with Crippen LogP contribution >= 0.6 is 22.6 Å². The smallest absolute Gasteiger partial charge is 0.257 e. The van der Waals surface area contributed by atoms with Gasteiger partial charge >= 0.3 is 0 Å². The van der Waals surface area contributed by atoms with E-state index in [4.69, 9.17) is 0 Å². The van der Waals surface area contributed by atoms with Gasteiger partial charge in [0.25, 0.3) is 5.91 Å². The van der Waals surface area contributed by atoms with Gasteiger partial charge in [0.1, 0.15) is 5.82 Å². The maximum absolute atomic E-state index is 13.1. The van der Waals surface area contributed by atoms with Gasteiger partial charge in [-0.2, -0.15) is 0 Å². The van der Waals surface area contributed by atoms with Gasteiger partial charge in [-0.3, -0.25) is 4.79 Å². The second-order valence-electron chi connectivity index (χ2n) is 5.56. The van der Waals surface area contributed by atoms with Gasteiger partial charge in [-0.1, -0.05) is 6.07 Å². The van der Waals surface area contributed by atoms with E-state index in [9.17, 15) is 9.18 Å². The van der Waals surface area contributed by atoms with Crippen LogP contribution in [-0.4, -0.2) is 10.5 Å². The van der Waals surface area contributed by atoms with Crippen LogP contribution in [0.5, 0.6) is 0 Å². The standard InChI is InChI=1S/C19H16FIN2O/c1-12-10-18(19(24)22-16-5-3-4-15(21)11-16)13(2)23(12)17-8-6-14(20)7-9-17/h3-11H,1-2H3,(H,22,24). The van der Waals surface area contributed by atoms with Crippen LogP contribution in [0.4, 0.5) is 10.1 Å². The minimum absolute atomic E-state index is 0.154. The predicted molar refractivity (Wildman–Crippen MR) is 102 cm³/mol. The summed E-state index contributed by atoms with van der Waals surface area (Å²) in [7, 11) is 0. The summed E-state index contributed by atoms with van der Waals surface area (Å²) in [5, 5.41) is 2.92. The van der Waals surface area contributed by atoms with Gasteiger partial charge in [0.05, 0.1) is 5.56 Å². The number of amides is 1. The zero-order valence-electron chi connectivity index (χ0n) is 13.3. The Morgan fingerprint density at radius 2 is 1.79 bits per heavy atom. The van der Waals surface area contributed by atoms with Crippen molar-refractivity contribution in [2.75, 3.05) is 5.32 Å². The number of rotatable bonds is 3. The average Bonchev–Trinajstić information content (AvgIpc) is 2.83. The summed E-state index contributed by atoms with van der Waals surface area (Å²) in [5.74, 6) is -0.434. The first-order valence-electron chi connectivity index (χ1n) is 7.47. The lowest BCUT2D eigenvalue weighted by molar-refractivity contribution is 0.102. The normalized spacial score (nSPS) is 10.7. The van der Waals surface area contributed by atoms with Crippen LogP contribution in [0.15, 0.2) is 54.6 Å². The molecule has 5 heteroatoms. The molecule has 0 saturated heterocycles. The minimum Gasteiger partial charge on any atom is -0.322 e. The number of hydrogen-bond acceptors (Lipinski definition) is 1. The maximum Gasteiger partial charge on any atom is 0.257 e. The van der Waals surface area contributed by atoms with Crippen LogP contribution in [0.1, 0.15) is 21.7 Å². The van der Waals surface area contributed by atoms with Crippen molar-refractivity contribution < 1.29 is 9.18 Å². The number of halogens is 2. The lowest BCUT2D eigenvalue weighted by Gasteiger charge is -2.10. The van der Waals surface area contributed by atoms with E-state index in [1.807, 2.05) is 48.7 Å². The molecule has 1 aromatic heterocycles. The van der Waals surface area contributed by atoms with Crippen molar-refractivity contribution in [1.29, 1.82) is 0 Å². The Morgan fingerprint density at radius 1 is 1.08 bits per heavy atom. The molecule has 122 valence electrons. The predicted octanol–water partition coefficient (Wildman–Crippen LogP) is 5.09. The van der Waals surface area contributed by atoms with E-state index < -0.39 is 0 Å². The summed E-state index contributed by atoms with van der Waals surface area (Å²) < 4.78 is 16.1. The lowest BCUT2D eigenvalue weighted by Crippen LogP contribution is -2.13. The highest BCUT2D eigenvalue weighted by Gasteiger charge is 2.17. The molecule has 0 spiro atoms. The number of aryl methyl sites for hydroxylation is 1. The molecule has 1 amide bonds. The molecule has 1 heterocycles. The Bertz CT molecular complexity index is 900. The molecule has 0 unspecified atom stereocenters. The number of nitrogens with zero attached hydrogens (tertiary/aromatic N) is 1. The quantitative estimate of drug-likeness (QED) is 0.573. The Kier molecular flexibility index (Phi) is 4.71. The SMILES string of the molecule is Cc1cc(C(=O)Nc2cccc(I)c2)c(C)n1-c1ccc(F)cc1. The number of nitrogens with one attached hydrogen (secondary N) is 1. The van der Waals surface area contributed by atoms with Gasteiger partial charge in [-0.25, -0.2) is 4.39 Å². The van der Waals surface area contributed by atoms with Crippen molar-refractivity contribution >= 4 is 34.2 Å². The fraction of sp³-hybridized carbons (Fsp3) is 0.105. The van der Waals surface area contributed by atoms with Gasteiger partial charge in [-0.15, -0.1) is 0 Å². The summed E-state index contributed by atoms with van der Waals surface area (Å²) in [6, 6.07) is 15.7. The second-order valence-corrected chi connectivity index (χ2v) is 6.81. The number of benzene rings is 2. The molecule has 1 N–H and O–H groups in total. The zero-order valence-corrected chi connectivity index (χ0v) is 15.5. The van der Waals surface area contributed by atoms with Crippen LogP contribution in [0, 0.1) is 23.2 Å². The van der Waals surface area contributed by atoms with Gasteiger partial charge in [0.15, 0.2) is 0 Å². The lowest BCUT2D eigenvalue weighted by atomic mass is 10.2. The summed E-state index contributed by atoms with van der Waals surface area (Å²) in [6.45, 7) is 3.82. The number of aromatic nitrogens is 1. The van der Waals surface area contributed by atoms with Crippen molar-refractivity contribution in [3.8, 4) is 5.69 Å². The average molecular weight is 434 g/mol. The van der Waals surface area contributed by atoms with Crippen molar-refractivity contribution in [3.05, 3.63) is 80.9 Å². The van der Waals surface area contributed by atoms with Crippen LogP contribution in [0.3, 0.4) is 0 Å². The highest BCUT2D eigenvalue weighted by atomic mass is 127. The summed E-state index contributed by atoms with van der Waals surface area (Å²) in [4.78, 5) is 12.6. The van der Waals surface area contributed by atoms with E-state index in [0.717, 1.165) is 26.3 Å². The molecular formula is C19H16FIN2O. The highest BCUT2D eigenvalue weighted by molar-refractivity contribution is 14.1. The first-order valence-corrected chi connectivity index (χ1v) is 8.55. The third kappa shape index (κ3) is 3.36. The molecule has 0 atom stereocenters. The molecule has 0 radical (unpaired) electrons. The molecule has 0 aliphatic rings. The van der Waals surface area contributed by atoms with Crippen LogP contribution in [0.2, 0.25) is 0 Å². The molecule has 3 rings (SSSR count). The monoisotopic (exact) mass is 434 g/mol. The molecule has 2 aromatic carbocycles. The molecule has 3 aromatic rings. The third-order valence-electron chi connectivity index (χ3n) is 3.84. The number of anilines is 1. The molecule has 0 bridgehead atoms. The van der Waals surface area contributed by atoms with E-state index in [0.29, 0.717) is 5.56 Å². The highest BCUT2D eigenvalue weighted by Crippen LogP contribution is 2.22. The number of carbonyl (C=O) groups excluding carboxylic acids is 1. The fourth-order valence-corrected chi connectivity index (χ4v) is 3.29. The molecule has 3 nitrogen and oxygen atoms in total. The van der Waals surface area contributed by atoms with Gasteiger partial charge in [0, 0.05) is 26.3 Å². The van der Waals surface area contributed by atoms with Gasteiger partial charge in [-0.05, 0) is 85.0 Å². The summed E-state index contributed by atoms with van der Waals surface area (Å²) >= 11 is 2.21. The maximum atomic E-state index is 13.1. The van der Waals surface area contributed by atoms with Crippen molar-refractivity contribution in [2.45, 2.75) is 13.8 Å². The Balaban J connectivity index is 1.93. The Hall–Kier alpha value is -2.15. The molecule has 24 heavy (non-hydrogen) atoms. The minimum atomic E-state index is -0.280. The molecular weight excluding hydrogens is 418 g/mol. The Labute approximate surface area is 153 Å². The van der Waals surface area contributed by atoms with Crippen molar-refractivity contribution in [3.63, 3.8) is 0 Å². The molecule has 0 saturated carbocycles. The first kappa shape index (κ1) is 16.7. The van der Waals surface area contributed by atoms with Crippen LogP contribution in [-0.2, 0) is 0 Å². The number of carbonyl (C=O) groups is 1. The van der Waals surface area contributed by atoms with Crippen molar-refractivity contribution in [2.24, 2.45) is 0 Å². The van der Waals surface area contributed by atoms with Gasteiger partial charge in [0.2, 0.25) is 0 Å². The molecule has 0 aliphatic heterocycles. The summed E-state index contributed by atoms with van der Waals surface area (Å²) in [6.07, 6.45) is 0. The van der Waals surface area contributed by atoms with E-state index in [1.54, 1.807) is 12.1 Å². The number of hydrogen-bond donors (Lipinski definition) is 1. The second kappa shape index (κ2) is 6.76. The fourth-order valence-electron chi connectivity index (χ4n) is 2.74. The van der Waals surface area contributed by atoms with E-state index in [-0.39, 0.29) is 11.7 Å². The molecule has 0 fully saturated rings. The van der Waals surface area contributed by atoms with E-state index in [1.165, 1.54) is 12.1 Å². The van der Waals surface area contributed by atoms with Crippen LogP contribution < -0.4 is 5.32 Å².